The third-order valence-corrected chi connectivity index (χ3v) is 2.99. The van der Waals surface area contributed by atoms with Gasteiger partial charge in [-0.1, -0.05) is 29.8 Å². The van der Waals surface area contributed by atoms with Crippen molar-refractivity contribution in [1.29, 1.82) is 0 Å². The molecule has 1 aromatic carbocycles. The molecule has 0 aliphatic carbocycles. The molecule has 0 atom stereocenters. The van der Waals surface area contributed by atoms with Gasteiger partial charge in [0.2, 0.25) is 0 Å². The molecule has 0 amide bonds. The summed E-state index contributed by atoms with van der Waals surface area (Å²) in [6, 6.07) is 8.41. The summed E-state index contributed by atoms with van der Waals surface area (Å²) in [6.07, 6.45) is 3.47. The molecule has 0 unspecified atom stereocenters. The van der Waals surface area contributed by atoms with Crippen molar-refractivity contribution in [1.82, 2.24) is 0 Å². The molecule has 2 nitrogen and oxygen atoms in total. The highest BCUT2D eigenvalue weighted by molar-refractivity contribution is 5.54. The van der Waals surface area contributed by atoms with Crippen LogP contribution < -0.4 is 10.6 Å². The van der Waals surface area contributed by atoms with Gasteiger partial charge in [-0.25, -0.2) is 0 Å². The topological polar surface area (TPSA) is 29.3 Å². The summed E-state index contributed by atoms with van der Waals surface area (Å²) in [5, 5.41) is 0. The van der Waals surface area contributed by atoms with Crippen LogP contribution in [0.25, 0.3) is 0 Å². The van der Waals surface area contributed by atoms with Crippen LogP contribution in [0.2, 0.25) is 0 Å². The van der Waals surface area contributed by atoms with Gasteiger partial charge in [0.05, 0.1) is 0 Å². The molecule has 0 bridgehead atoms. The molecule has 0 aromatic heterocycles. The fourth-order valence-corrected chi connectivity index (χ4v) is 1.98. The maximum absolute atomic E-state index is 5.74. The molecule has 1 aliphatic heterocycles. The van der Waals surface area contributed by atoms with Gasteiger partial charge in [-0.3, -0.25) is 0 Å². The van der Waals surface area contributed by atoms with Crippen LogP contribution >= 0.6 is 0 Å². The first kappa shape index (κ1) is 10.2. The maximum Gasteiger partial charge on any atom is 0.0414 e. The Bertz CT molecular complexity index is 369. The number of nitrogens with zero attached hydrogens (tertiary/aromatic N) is 1. The largest absolute Gasteiger partial charge is 0.367 e. The van der Waals surface area contributed by atoms with E-state index in [1.54, 1.807) is 0 Å². The Morgan fingerprint density at radius 2 is 2.13 bits per heavy atom. The Morgan fingerprint density at radius 3 is 2.80 bits per heavy atom. The second-order valence-corrected chi connectivity index (χ2v) is 4.08. The summed E-state index contributed by atoms with van der Waals surface area (Å²) in [7, 11) is 0. The quantitative estimate of drug-likeness (QED) is 0.746. The van der Waals surface area contributed by atoms with E-state index >= 15 is 0 Å². The minimum atomic E-state index is 0.620. The van der Waals surface area contributed by atoms with Crippen LogP contribution in [0.4, 0.5) is 5.69 Å². The zero-order valence-electron chi connectivity index (χ0n) is 9.24. The van der Waals surface area contributed by atoms with Gasteiger partial charge >= 0.3 is 0 Å². The van der Waals surface area contributed by atoms with Crippen LogP contribution in [0, 0.1) is 0 Å². The molecule has 2 rings (SSSR count). The Balaban J connectivity index is 2.22. The van der Waals surface area contributed by atoms with Crippen molar-refractivity contribution in [3.63, 3.8) is 0 Å². The van der Waals surface area contributed by atoms with E-state index in [4.69, 9.17) is 5.73 Å². The molecule has 1 heterocycles. The SMILES string of the molecule is CC1=CCN(c2ccccc2CN)CC1. The first-order chi connectivity index (χ1) is 7.31. The third-order valence-electron chi connectivity index (χ3n) is 2.99. The van der Waals surface area contributed by atoms with Gasteiger partial charge in [-0.15, -0.1) is 0 Å². The van der Waals surface area contributed by atoms with E-state index in [1.165, 1.54) is 23.2 Å². The van der Waals surface area contributed by atoms with Crippen molar-refractivity contribution in [3.05, 3.63) is 41.5 Å². The lowest BCUT2D eigenvalue weighted by Crippen LogP contribution is -2.29. The first-order valence-electron chi connectivity index (χ1n) is 5.50. The molecular weight excluding hydrogens is 184 g/mol. The minimum Gasteiger partial charge on any atom is -0.367 e. The molecule has 80 valence electrons. The summed E-state index contributed by atoms with van der Waals surface area (Å²) in [4.78, 5) is 2.40. The monoisotopic (exact) mass is 202 g/mol. The molecular formula is C13H18N2. The van der Waals surface area contributed by atoms with Gasteiger partial charge in [-0.2, -0.15) is 0 Å². The van der Waals surface area contributed by atoms with E-state index in [0.29, 0.717) is 6.54 Å². The number of hydrogen-bond donors (Lipinski definition) is 1. The van der Waals surface area contributed by atoms with Gasteiger partial charge < -0.3 is 10.6 Å². The highest BCUT2D eigenvalue weighted by Gasteiger charge is 2.12. The maximum atomic E-state index is 5.74. The lowest BCUT2D eigenvalue weighted by Gasteiger charge is -2.29. The van der Waals surface area contributed by atoms with Gasteiger partial charge in [0.15, 0.2) is 0 Å². The summed E-state index contributed by atoms with van der Waals surface area (Å²) in [6.45, 7) is 4.95. The van der Waals surface area contributed by atoms with Crippen molar-refractivity contribution < 1.29 is 0 Å². The predicted molar refractivity (Wildman–Crippen MR) is 64.9 cm³/mol. The molecule has 0 spiro atoms. The van der Waals surface area contributed by atoms with E-state index < -0.39 is 0 Å². The highest BCUT2D eigenvalue weighted by atomic mass is 15.1. The lowest BCUT2D eigenvalue weighted by molar-refractivity contribution is 0.781. The lowest BCUT2D eigenvalue weighted by atomic mass is 10.1. The van der Waals surface area contributed by atoms with Crippen molar-refractivity contribution in [2.45, 2.75) is 19.9 Å². The Labute approximate surface area is 91.4 Å². The van der Waals surface area contributed by atoms with Crippen LogP contribution in [0.5, 0.6) is 0 Å². The zero-order chi connectivity index (χ0) is 10.7. The van der Waals surface area contributed by atoms with E-state index in [1.807, 2.05) is 0 Å². The zero-order valence-corrected chi connectivity index (χ0v) is 9.24. The Hall–Kier alpha value is -1.28. The smallest absolute Gasteiger partial charge is 0.0414 e. The number of anilines is 1. The van der Waals surface area contributed by atoms with Crippen LogP contribution in [-0.4, -0.2) is 13.1 Å². The second-order valence-electron chi connectivity index (χ2n) is 4.08. The summed E-state index contributed by atoms with van der Waals surface area (Å²) >= 11 is 0. The van der Waals surface area contributed by atoms with E-state index in [0.717, 1.165) is 13.1 Å². The van der Waals surface area contributed by atoms with Crippen molar-refractivity contribution in [2.75, 3.05) is 18.0 Å². The van der Waals surface area contributed by atoms with Gasteiger partial charge in [-0.05, 0) is 25.0 Å². The average Bonchev–Trinajstić information content (AvgIpc) is 2.30. The molecule has 2 heteroatoms. The normalized spacial score (nSPS) is 16.4. The van der Waals surface area contributed by atoms with E-state index in [2.05, 4.69) is 42.2 Å². The standard InChI is InChI=1S/C13H18N2/c1-11-6-8-15(9-7-11)13-5-3-2-4-12(13)10-14/h2-6H,7-10,14H2,1H3. The molecule has 1 aliphatic rings. The predicted octanol–water partition coefficient (Wildman–Crippen LogP) is 2.30. The van der Waals surface area contributed by atoms with Gasteiger partial charge in [0.1, 0.15) is 0 Å². The average molecular weight is 202 g/mol. The number of para-hydroxylation sites is 1. The van der Waals surface area contributed by atoms with Crippen LogP contribution in [0.1, 0.15) is 18.9 Å². The number of rotatable bonds is 2. The molecule has 0 saturated carbocycles. The summed E-state index contributed by atoms with van der Waals surface area (Å²) in [5.41, 5.74) is 9.78. The molecule has 1 aromatic rings. The summed E-state index contributed by atoms with van der Waals surface area (Å²) in [5.74, 6) is 0. The van der Waals surface area contributed by atoms with Crippen LogP contribution in [0.3, 0.4) is 0 Å². The van der Waals surface area contributed by atoms with E-state index in [9.17, 15) is 0 Å². The van der Waals surface area contributed by atoms with Crippen molar-refractivity contribution >= 4 is 5.69 Å². The van der Waals surface area contributed by atoms with Gasteiger partial charge in [0, 0.05) is 25.3 Å². The van der Waals surface area contributed by atoms with Crippen molar-refractivity contribution in [2.24, 2.45) is 5.73 Å². The van der Waals surface area contributed by atoms with Crippen LogP contribution in [0.15, 0.2) is 35.9 Å². The second kappa shape index (κ2) is 4.49. The fraction of sp³-hybridized carbons (Fsp3) is 0.385. The number of hydrogen-bond acceptors (Lipinski definition) is 2. The minimum absolute atomic E-state index is 0.620. The molecule has 15 heavy (non-hydrogen) atoms. The molecule has 0 saturated heterocycles. The number of benzene rings is 1. The highest BCUT2D eigenvalue weighted by Crippen LogP contribution is 2.23. The first-order valence-corrected chi connectivity index (χ1v) is 5.50. The number of nitrogens with two attached hydrogens (primary N) is 1. The third kappa shape index (κ3) is 2.21. The Morgan fingerprint density at radius 1 is 1.33 bits per heavy atom. The molecule has 2 N–H and O–H groups in total. The van der Waals surface area contributed by atoms with Crippen molar-refractivity contribution in [3.8, 4) is 0 Å². The molecule has 0 radical (unpaired) electrons. The fourth-order valence-electron chi connectivity index (χ4n) is 1.98. The Kier molecular flexibility index (Phi) is 3.07. The summed E-state index contributed by atoms with van der Waals surface area (Å²) < 4.78 is 0. The van der Waals surface area contributed by atoms with E-state index in [-0.39, 0.29) is 0 Å². The molecule has 0 fully saturated rings. The van der Waals surface area contributed by atoms with Gasteiger partial charge in [0.25, 0.3) is 0 Å². The van der Waals surface area contributed by atoms with Crippen LogP contribution in [-0.2, 0) is 6.54 Å².